The summed E-state index contributed by atoms with van der Waals surface area (Å²) in [6.07, 6.45) is 1.48. The van der Waals surface area contributed by atoms with Gasteiger partial charge in [-0.25, -0.2) is 4.39 Å². The lowest BCUT2D eigenvalue weighted by atomic mass is 10.1. The Morgan fingerprint density at radius 2 is 2.19 bits per heavy atom. The molecule has 0 amide bonds. The number of ether oxygens (including phenoxy) is 1. The molecule has 0 radical (unpaired) electrons. The highest BCUT2D eigenvalue weighted by Gasteiger charge is 2.14. The summed E-state index contributed by atoms with van der Waals surface area (Å²) >= 11 is 0. The van der Waals surface area contributed by atoms with E-state index in [9.17, 15) is 4.39 Å². The van der Waals surface area contributed by atoms with E-state index in [-0.39, 0.29) is 11.9 Å². The predicted octanol–water partition coefficient (Wildman–Crippen LogP) is 2.74. The van der Waals surface area contributed by atoms with Crippen molar-refractivity contribution in [3.05, 3.63) is 30.2 Å². The minimum absolute atomic E-state index is 0.108. The summed E-state index contributed by atoms with van der Waals surface area (Å²) in [5, 5.41) is 0.708. The molecule has 16 heavy (non-hydrogen) atoms. The van der Waals surface area contributed by atoms with Crippen molar-refractivity contribution in [1.29, 1.82) is 0 Å². The van der Waals surface area contributed by atoms with Gasteiger partial charge in [0.2, 0.25) is 0 Å². The van der Waals surface area contributed by atoms with E-state index in [2.05, 4.69) is 4.98 Å². The van der Waals surface area contributed by atoms with Crippen LogP contribution in [0.3, 0.4) is 0 Å². The number of rotatable bonds is 2. The molecule has 0 spiro atoms. The molecule has 1 aromatic carbocycles. The Bertz CT molecular complexity index is 526. The molecule has 84 valence electrons. The number of halogens is 1. The first kappa shape index (κ1) is 10.7. The Labute approximate surface area is 93.0 Å². The van der Waals surface area contributed by atoms with E-state index >= 15 is 0 Å². The number of nitrogens with two attached hydrogens (primary N) is 1. The smallest absolute Gasteiger partial charge is 0.181 e. The van der Waals surface area contributed by atoms with Gasteiger partial charge in [-0.1, -0.05) is 0 Å². The van der Waals surface area contributed by atoms with Gasteiger partial charge in [0.05, 0.1) is 6.10 Å². The maximum absolute atomic E-state index is 13.7. The molecular formula is C12H13FN2O. The van der Waals surface area contributed by atoms with E-state index in [0.29, 0.717) is 16.6 Å². The van der Waals surface area contributed by atoms with E-state index in [1.165, 1.54) is 6.07 Å². The first-order valence-electron chi connectivity index (χ1n) is 5.09. The molecule has 0 unspecified atom stereocenters. The van der Waals surface area contributed by atoms with Crippen LogP contribution in [0.15, 0.2) is 24.4 Å². The van der Waals surface area contributed by atoms with E-state index in [0.717, 1.165) is 0 Å². The number of nitrogens with zero attached hydrogens (tertiary/aromatic N) is 1. The normalized spacial score (nSPS) is 11.0. The zero-order chi connectivity index (χ0) is 11.7. The van der Waals surface area contributed by atoms with Gasteiger partial charge in [-0.3, -0.25) is 4.98 Å². The molecule has 4 heteroatoms. The number of hydrogen-bond donors (Lipinski definition) is 1. The summed E-state index contributed by atoms with van der Waals surface area (Å²) < 4.78 is 19.1. The highest BCUT2D eigenvalue weighted by molar-refractivity contribution is 5.94. The van der Waals surface area contributed by atoms with Crippen molar-refractivity contribution in [2.75, 3.05) is 5.73 Å². The van der Waals surface area contributed by atoms with Crippen LogP contribution in [0.4, 0.5) is 10.1 Å². The number of hydrogen-bond acceptors (Lipinski definition) is 3. The molecule has 0 aliphatic carbocycles. The number of benzene rings is 1. The van der Waals surface area contributed by atoms with Crippen molar-refractivity contribution in [3.63, 3.8) is 0 Å². The predicted molar refractivity (Wildman–Crippen MR) is 61.9 cm³/mol. The maximum Gasteiger partial charge on any atom is 0.181 e. The second kappa shape index (κ2) is 3.96. The Morgan fingerprint density at radius 3 is 2.88 bits per heavy atom. The molecule has 2 N–H and O–H groups in total. The second-order valence-corrected chi connectivity index (χ2v) is 3.84. The fourth-order valence-corrected chi connectivity index (χ4v) is 1.56. The number of nitrogen functional groups attached to an aromatic ring is 1. The fourth-order valence-electron chi connectivity index (χ4n) is 1.56. The van der Waals surface area contributed by atoms with E-state index in [1.807, 2.05) is 13.8 Å². The van der Waals surface area contributed by atoms with Crippen molar-refractivity contribution in [2.24, 2.45) is 0 Å². The van der Waals surface area contributed by atoms with Crippen LogP contribution in [0.2, 0.25) is 0 Å². The maximum atomic E-state index is 13.7. The van der Waals surface area contributed by atoms with Crippen LogP contribution >= 0.6 is 0 Å². The van der Waals surface area contributed by atoms with Crippen LogP contribution in [-0.2, 0) is 0 Å². The largest absolute Gasteiger partial charge is 0.486 e. The Balaban J connectivity index is 2.71. The molecule has 0 atom stereocenters. The van der Waals surface area contributed by atoms with Crippen LogP contribution in [-0.4, -0.2) is 11.1 Å². The van der Waals surface area contributed by atoms with Gasteiger partial charge in [-0.15, -0.1) is 0 Å². The minimum Gasteiger partial charge on any atom is -0.486 e. The van der Waals surface area contributed by atoms with Crippen molar-refractivity contribution < 1.29 is 9.13 Å². The minimum atomic E-state index is -0.475. The van der Waals surface area contributed by atoms with Gasteiger partial charge in [0, 0.05) is 23.3 Å². The fraction of sp³-hybridized carbons (Fsp3) is 0.250. The van der Waals surface area contributed by atoms with Crippen LogP contribution in [0.1, 0.15) is 13.8 Å². The van der Waals surface area contributed by atoms with Gasteiger partial charge in [-0.2, -0.15) is 0 Å². The quantitative estimate of drug-likeness (QED) is 0.791. The van der Waals surface area contributed by atoms with Crippen molar-refractivity contribution in [3.8, 4) is 5.75 Å². The molecule has 1 aromatic heterocycles. The summed E-state index contributed by atoms with van der Waals surface area (Å²) in [6, 6.07) is 4.82. The molecule has 0 bridgehead atoms. The molecule has 2 aromatic rings. The molecule has 0 saturated carbocycles. The van der Waals surface area contributed by atoms with Crippen LogP contribution in [0.25, 0.3) is 10.9 Å². The summed E-state index contributed by atoms with van der Waals surface area (Å²) in [6.45, 7) is 3.68. The number of pyridine rings is 1. The van der Waals surface area contributed by atoms with Gasteiger partial charge in [0.15, 0.2) is 11.6 Å². The average Bonchev–Trinajstić information content (AvgIpc) is 2.24. The number of aromatic nitrogens is 1. The lowest BCUT2D eigenvalue weighted by molar-refractivity contribution is 0.234. The van der Waals surface area contributed by atoms with Gasteiger partial charge >= 0.3 is 0 Å². The molecule has 3 nitrogen and oxygen atoms in total. The summed E-state index contributed by atoms with van der Waals surface area (Å²) in [7, 11) is 0. The van der Waals surface area contributed by atoms with E-state index in [1.54, 1.807) is 18.3 Å². The topological polar surface area (TPSA) is 48.1 Å². The van der Waals surface area contributed by atoms with Crippen LogP contribution in [0, 0.1) is 5.82 Å². The lowest BCUT2D eigenvalue weighted by Gasteiger charge is -2.13. The first-order valence-corrected chi connectivity index (χ1v) is 5.09. The van der Waals surface area contributed by atoms with Gasteiger partial charge in [0.1, 0.15) is 5.52 Å². The van der Waals surface area contributed by atoms with Crippen LogP contribution < -0.4 is 10.5 Å². The van der Waals surface area contributed by atoms with Gasteiger partial charge in [-0.05, 0) is 26.0 Å². The third-order valence-electron chi connectivity index (χ3n) is 2.19. The molecule has 1 heterocycles. The molecular weight excluding hydrogens is 207 g/mol. The zero-order valence-electron chi connectivity index (χ0n) is 9.20. The van der Waals surface area contributed by atoms with Crippen molar-refractivity contribution in [2.45, 2.75) is 20.0 Å². The highest BCUT2D eigenvalue weighted by atomic mass is 19.1. The second-order valence-electron chi connectivity index (χ2n) is 3.84. The Morgan fingerprint density at radius 1 is 1.44 bits per heavy atom. The average molecular weight is 220 g/mol. The molecule has 0 fully saturated rings. The monoisotopic (exact) mass is 220 g/mol. The third kappa shape index (κ3) is 1.78. The zero-order valence-corrected chi connectivity index (χ0v) is 9.20. The van der Waals surface area contributed by atoms with Crippen molar-refractivity contribution >= 4 is 16.6 Å². The van der Waals surface area contributed by atoms with E-state index < -0.39 is 5.82 Å². The Kier molecular flexibility index (Phi) is 2.64. The highest BCUT2D eigenvalue weighted by Crippen LogP contribution is 2.31. The summed E-state index contributed by atoms with van der Waals surface area (Å²) in [4.78, 5) is 4.11. The number of anilines is 1. The molecule has 0 aliphatic heterocycles. The number of fused-ring (bicyclic) bond motifs is 1. The van der Waals surface area contributed by atoms with Crippen molar-refractivity contribution in [1.82, 2.24) is 4.98 Å². The van der Waals surface area contributed by atoms with Gasteiger partial charge in [0.25, 0.3) is 0 Å². The van der Waals surface area contributed by atoms with E-state index in [4.69, 9.17) is 10.5 Å². The summed E-state index contributed by atoms with van der Waals surface area (Å²) in [5.41, 5.74) is 6.56. The third-order valence-corrected chi connectivity index (χ3v) is 2.19. The SMILES string of the molecule is CC(C)Oc1c(F)cc(N)c2cccnc12. The first-order chi connectivity index (χ1) is 7.59. The Hall–Kier alpha value is -1.84. The lowest BCUT2D eigenvalue weighted by Crippen LogP contribution is -2.08. The van der Waals surface area contributed by atoms with Crippen LogP contribution in [0.5, 0.6) is 5.75 Å². The standard InChI is InChI=1S/C12H13FN2O/c1-7(2)16-12-9(13)6-10(14)8-4-3-5-15-11(8)12/h3-7H,14H2,1-2H3. The molecule has 2 rings (SSSR count). The molecule has 0 aliphatic rings. The summed E-state index contributed by atoms with van der Waals surface area (Å²) in [5.74, 6) is -0.308. The van der Waals surface area contributed by atoms with Gasteiger partial charge < -0.3 is 10.5 Å². The molecule has 0 saturated heterocycles.